The molecule has 2 N–H and O–H groups in total. The van der Waals surface area contributed by atoms with Crippen LogP contribution >= 0.6 is 0 Å². The number of anilines is 2. The maximum atomic E-state index is 13.3. The number of nitrogens with one attached hydrogen (secondary N) is 2. The third kappa shape index (κ3) is 6.42. The molecule has 3 atom stereocenters. The smallest absolute Gasteiger partial charge is 0.378 e. The van der Waals surface area contributed by atoms with Crippen LogP contribution in [-0.4, -0.2) is 75.4 Å². The lowest BCUT2D eigenvalue weighted by Gasteiger charge is -2.36. The van der Waals surface area contributed by atoms with E-state index in [9.17, 15) is 35.9 Å². The number of amides is 1. The van der Waals surface area contributed by atoms with Gasteiger partial charge in [-0.15, -0.1) is 0 Å². The van der Waals surface area contributed by atoms with Crippen molar-refractivity contribution < 1.29 is 35.9 Å². The molecular weight excluding hydrogens is 536 g/mol. The average Bonchev–Trinajstić information content (AvgIpc) is 3.14. The summed E-state index contributed by atoms with van der Waals surface area (Å²) in [5, 5.41) is 7.77. The number of H-pyrrole nitrogens is 1. The lowest BCUT2D eigenvalue weighted by atomic mass is 10.0. The normalized spacial score (nSPS) is 21.9. The molecule has 0 aromatic carbocycles. The van der Waals surface area contributed by atoms with Crippen molar-refractivity contribution in [3.8, 4) is 0 Å². The van der Waals surface area contributed by atoms with Gasteiger partial charge in [0.25, 0.3) is 11.5 Å². The Bertz CT molecular complexity index is 1210. The lowest BCUT2D eigenvalue weighted by Crippen LogP contribution is -2.47. The number of aromatic amines is 1. The van der Waals surface area contributed by atoms with Crippen molar-refractivity contribution in [3.63, 3.8) is 0 Å². The maximum Gasteiger partial charge on any atom is 0.423 e. The van der Waals surface area contributed by atoms with Crippen LogP contribution in [0.3, 0.4) is 0 Å². The number of halogens is 6. The second-order valence-corrected chi connectivity index (χ2v) is 9.74. The van der Waals surface area contributed by atoms with Crippen molar-refractivity contribution >= 4 is 17.5 Å². The summed E-state index contributed by atoms with van der Waals surface area (Å²) in [6, 6.07) is -0.776. The van der Waals surface area contributed by atoms with Crippen molar-refractivity contribution in [2.75, 3.05) is 36.5 Å². The SMILES string of the molecule is CC(CO[C@H]1C(=O)N(C2CCN(c3ncc(C(F)(F)F)cn3)CC2)C[C@@H]1C)Nc1cn[nH]c(=O)c1C(F)(F)F. The second-order valence-electron chi connectivity index (χ2n) is 9.74. The summed E-state index contributed by atoms with van der Waals surface area (Å²) in [6.07, 6.45) is -6.72. The van der Waals surface area contributed by atoms with Crippen LogP contribution in [0.2, 0.25) is 0 Å². The molecule has 2 aromatic heterocycles. The van der Waals surface area contributed by atoms with Gasteiger partial charge in [0.15, 0.2) is 0 Å². The van der Waals surface area contributed by atoms with E-state index in [2.05, 4.69) is 20.4 Å². The number of alkyl halides is 6. The van der Waals surface area contributed by atoms with Gasteiger partial charge in [0.2, 0.25) is 5.95 Å². The Morgan fingerprint density at radius 3 is 2.31 bits per heavy atom. The summed E-state index contributed by atoms with van der Waals surface area (Å²) in [5.41, 5.74) is -4.18. The van der Waals surface area contributed by atoms with E-state index >= 15 is 0 Å². The second kappa shape index (κ2) is 11.0. The molecule has 1 amide bonds. The Morgan fingerprint density at radius 1 is 1.08 bits per heavy atom. The third-order valence-electron chi connectivity index (χ3n) is 6.75. The molecule has 0 bridgehead atoms. The van der Waals surface area contributed by atoms with E-state index in [1.165, 1.54) is 0 Å². The molecule has 16 heteroatoms. The molecule has 4 heterocycles. The Kier molecular flexibility index (Phi) is 8.04. The standard InChI is InChI=1S/C23H27F6N7O3/c1-12-10-36(15-3-5-35(6-4-15)21-30-7-14(8-31-21)22(24,25)26)20(38)18(12)39-11-13(2)33-16-9-32-34-19(37)17(16)23(27,28)29/h7-9,12-13,15,18H,3-6,10-11H2,1-2H3,(H2,33,34,37)/t12-,13?,18+/m0/s1. The third-order valence-corrected chi connectivity index (χ3v) is 6.75. The highest BCUT2D eigenvalue weighted by Crippen LogP contribution is 2.33. The van der Waals surface area contributed by atoms with E-state index in [4.69, 9.17) is 4.74 Å². The molecule has 10 nitrogen and oxygen atoms in total. The van der Waals surface area contributed by atoms with E-state index in [-0.39, 0.29) is 30.4 Å². The summed E-state index contributed by atoms with van der Waals surface area (Å²) in [6.45, 7) is 4.64. The van der Waals surface area contributed by atoms with Gasteiger partial charge in [-0.05, 0) is 19.8 Å². The number of hydrogen-bond acceptors (Lipinski definition) is 8. The lowest BCUT2D eigenvalue weighted by molar-refractivity contribution is -0.140. The molecule has 0 radical (unpaired) electrons. The van der Waals surface area contributed by atoms with Gasteiger partial charge < -0.3 is 19.9 Å². The minimum atomic E-state index is -4.88. The number of likely N-dealkylation sites (tertiary alicyclic amines) is 1. The Hall–Kier alpha value is -3.43. The quantitative estimate of drug-likeness (QED) is 0.495. The van der Waals surface area contributed by atoms with Gasteiger partial charge in [0.05, 0.1) is 24.1 Å². The molecule has 4 rings (SSSR count). The average molecular weight is 564 g/mol. The van der Waals surface area contributed by atoms with Crippen LogP contribution in [0.5, 0.6) is 0 Å². The van der Waals surface area contributed by atoms with Crippen LogP contribution in [0.1, 0.15) is 37.8 Å². The maximum absolute atomic E-state index is 13.3. The van der Waals surface area contributed by atoms with Crippen molar-refractivity contribution in [2.24, 2.45) is 5.92 Å². The summed E-state index contributed by atoms with van der Waals surface area (Å²) in [5.74, 6) is -0.213. The molecule has 1 unspecified atom stereocenters. The zero-order valence-corrected chi connectivity index (χ0v) is 21.0. The van der Waals surface area contributed by atoms with E-state index < -0.39 is 46.9 Å². The summed E-state index contributed by atoms with van der Waals surface area (Å²) >= 11 is 0. The number of carbonyl (C=O) groups is 1. The highest BCUT2D eigenvalue weighted by molar-refractivity contribution is 5.84. The van der Waals surface area contributed by atoms with E-state index in [1.807, 2.05) is 6.92 Å². The molecule has 2 aliphatic heterocycles. The Labute approximate surface area is 218 Å². The zero-order chi connectivity index (χ0) is 28.5. The number of rotatable bonds is 7. The molecule has 0 spiro atoms. The van der Waals surface area contributed by atoms with Gasteiger partial charge in [-0.1, -0.05) is 6.92 Å². The molecule has 2 fully saturated rings. The minimum Gasteiger partial charge on any atom is -0.378 e. The first kappa shape index (κ1) is 28.6. The molecule has 2 aliphatic rings. The van der Waals surface area contributed by atoms with Crippen LogP contribution in [0.25, 0.3) is 0 Å². The van der Waals surface area contributed by atoms with Crippen molar-refractivity contribution in [1.29, 1.82) is 0 Å². The molecule has 0 saturated carbocycles. The van der Waals surface area contributed by atoms with Crippen LogP contribution < -0.4 is 15.8 Å². The van der Waals surface area contributed by atoms with Gasteiger partial charge in [0.1, 0.15) is 11.7 Å². The van der Waals surface area contributed by atoms with E-state index in [0.29, 0.717) is 32.5 Å². The molecule has 2 aromatic rings. The van der Waals surface area contributed by atoms with E-state index in [0.717, 1.165) is 18.6 Å². The Balaban J connectivity index is 1.30. The number of piperidine rings is 1. The van der Waals surface area contributed by atoms with Crippen molar-refractivity contribution in [2.45, 2.75) is 57.2 Å². The minimum absolute atomic E-state index is 0.0949. The molecule has 2 saturated heterocycles. The molecule has 214 valence electrons. The fourth-order valence-corrected chi connectivity index (χ4v) is 4.82. The first-order valence-electron chi connectivity index (χ1n) is 12.2. The van der Waals surface area contributed by atoms with Crippen molar-refractivity contribution in [3.05, 3.63) is 40.1 Å². The highest BCUT2D eigenvalue weighted by atomic mass is 19.4. The van der Waals surface area contributed by atoms with Crippen LogP contribution in [0, 0.1) is 5.92 Å². The Morgan fingerprint density at radius 2 is 1.72 bits per heavy atom. The van der Waals surface area contributed by atoms with Gasteiger partial charge in [-0.2, -0.15) is 31.4 Å². The van der Waals surface area contributed by atoms with Crippen molar-refractivity contribution in [1.82, 2.24) is 25.1 Å². The zero-order valence-electron chi connectivity index (χ0n) is 21.0. The van der Waals surface area contributed by atoms with Crippen LogP contribution in [-0.2, 0) is 21.9 Å². The summed E-state index contributed by atoms with van der Waals surface area (Å²) in [4.78, 5) is 35.9. The number of carbonyl (C=O) groups excluding carboxylic acids is 1. The number of ether oxygens (including phenoxy) is 1. The number of aromatic nitrogens is 4. The van der Waals surface area contributed by atoms with Crippen LogP contribution in [0.15, 0.2) is 23.4 Å². The highest BCUT2D eigenvalue weighted by Gasteiger charge is 2.43. The summed E-state index contributed by atoms with van der Waals surface area (Å²) < 4.78 is 83.9. The largest absolute Gasteiger partial charge is 0.423 e. The van der Waals surface area contributed by atoms with E-state index in [1.54, 1.807) is 21.8 Å². The fraction of sp³-hybridized carbons (Fsp3) is 0.609. The predicted molar refractivity (Wildman–Crippen MR) is 126 cm³/mol. The first-order valence-corrected chi connectivity index (χ1v) is 12.2. The molecule has 0 aliphatic carbocycles. The summed E-state index contributed by atoms with van der Waals surface area (Å²) in [7, 11) is 0. The topological polar surface area (TPSA) is 116 Å². The van der Waals surface area contributed by atoms with Gasteiger partial charge in [-0.25, -0.2) is 15.1 Å². The van der Waals surface area contributed by atoms with Crippen LogP contribution in [0.4, 0.5) is 38.0 Å². The van der Waals surface area contributed by atoms with Gasteiger partial charge >= 0.3 is 12.4 Å². The first-order chi connectivity index (χ1) is 18.3. The fourth-order valence-electron chi connectivity index (χ4n) is 4.82. The molecular formula is C23H27F6N7O3. The van der Waals surface area contributed by atoms with Gasteiger partial charge in [0, 0.05) is 50.0 Å². The molecule has 39 heavy (non-hydrogen) atoms. The number of hydrogen-bond donors (Lipinski definition) is 2. The number of nitrogens with zero attached hydrogens (tertiary/aromatic N) is 5. The monoisotopic (exact) mass is 563 g/mol. The predicted octanol–water partition coefficient (Wildman–Crippen LogP) is 2.93. The van der Waals surface area contributed by atoms with Gasteiger partial charge in [-0.3, -0.25) is 9.59 Å².